The molecule has 22 heavy (non-hydrogen) atoms. The van der Waals surface area contributed by atoms with E-state index < -0.39 is 22.4 Å². The number of furan rings is 1. The quantitative estimate of drug-likeness (QED) is 0.785. The van der Waals surface area contributed by atoms with Crippen molar-refractivity contribution >= 4 is 22.5 Å². The van der Waals surface area contributed by atoms with Gasteiger partial charge in [0.05, 0.1) is 12.8 Å². The summed E-state index contributed by atoms with van der Waals surface area (Å²) in [6, 6.07) is 9.61. The van der Waals surface area contributed by atoms with Gasteiger partial charge in [0.2, 0.25) is 0 Å². The zero-order chi connectivity index (χ0) is 16.2. The molecule has 0 saturated carbocycles. The van der Waals surface area contributed by atoms with Crippen molar-refractivity contribution in [3.63, 3.8) is 0 Å². The lowest BCUT2D eigenvalue weighted by Gasteiger charge is -2.21. The van der Waals surface area contributed by atoms with Crippen LogP contribution in [0.25, 0.3) is 0 Å². The van der Waals surface area contributed by atoms with Crippen LogP contribution in [0, 0.1) is 0 Å². The van der Waals surface area contributed by atoms with E-state index in [-0.39, 0.29) is 6.54 Å². The number of rotatable bonds is 5. The molecule has 2 unspecified atom stereocenters. The highest BCUT2D eigenvalue weighted by Crippen LogP contribution is 2.20. The Bertz CT molecular complexity index is 668. The molecular formula is C15H18N2O4S. The molecule has 2 aromatic rings. The standard InChI is InChI=1S/C15H18N2O4S/c1-15(19,13-7-4-8-21-13)10-16-14(18)17-11-5-3-6-12(9-11)22(2)20/h3-9,19H,10H2,1-2H3,(H2,16,17,18). The number of nitrogens with one attached hydrogen (secondary N) is 2. The predicted molar refractivity (Wildman–Crippen MR) is 84.1 cm³/mol. The first-order valence-corrected chi connectivity index (χ1v) is 8.19. The zero-order valence-corrected chi connectivity index (χ0v) is 13.1. The summed E-state index contributed by atoms with van der Waals surface area (Å²) in [5.41, 5.74) is -0.768. The minimum atomic E-state index is -1.30. The van der Waals surface area contributed by atoms with E-state index in [1.165, 1.54) is 6.26 Å². The Kier molecular flexibility index (Phi) is 4.99. The van der Waals surface area contributed by atoms with Gasteiger partial charge in [0.1, 0.15) is 11.4 Å². The van der Waals surface area contributed by atoms with E-state index >= 15 is 0 Å². The number of carbonyl (C=O) groups is 1. The van der Waals surface area contributed by atoms with Crippen LogP contribution in [0.2, 0.25) is 0 Å². The van der Waals surface area contributed by atoms with Gasteiger partial charge in [0.25, 0.3) is 0 Å². The Hall–Kier alpha value is -2.12. The maximum Gasteiger partial charge on any atom is 0.319 e. The fourth-order valence-electron chi connectivity index (χ4n) is 1.85. The summed E-state index contributed by atoms with van der Waals surface area (Å²) in [7, 11) is -1.12. The lowest BCUT2D eigenvalue weighted by molar-refractivity contribution is 0.0372. The van der Waals surface area contributed by atoms with E-state index in [2.05, 4.69) is 10.6 Å². The maximum absolute atomic E-state index is 11.9. The van der Waals surface area contributed by atoms with Crippen molar-refractivity contribution in [2.45, 2.75) is 17.4 Å². The highest BCUT2D eigenvalue weighted by atomic mass is 32.2. The Morgan fingerprint density at radius 2 is 2.14 bits per heavy atom. The summed E-state index contributed by atoms with van der Waals surface area (Å²) in [6.07, 6.45) is 3.03. The molecule has 0 saturated heterocycles. The number of benzene rings is 1. The van der Waals surface area contributed by atoms with Crippen molar-refractivity contribution in [2.24, 2.45) is 0 Å². The Morgan fingerprint density at radius 1 is 1.36 bits per heavy atom. The van der Waals surface area contributed by atoms with E-state index in [4.69, 9.17) is 4.42 Å². The molecule has 0 aliphatic heterocycles. The Balaban J connectivity index is 1.93. The van der Waals surface area contributed by atoms with Gasteiger partial charge in [0, 0.05) is 27.6 Å². The second-order valence-electron chi connectivity index (χ2n) is 5.04. The van der Waals surface area contributed by atoms with Crippen molar-refractivity contribution in [3.8, 4) is 0 Å². The third-order valence-corrected chi connectivity index (χ3v) is 3.99. The third kappa shape index (κ3) is 4.19. The van der Waals surface area contributed by atoms with Gasteiger partial charge in [-0.1, -0.05) is 6.07 Å². The van der Waals surface area contributed by atoms with Crippen molar-refractivity contribution in [1.29, 1.82) is 0 Å². The number of urea groups is 1. The summed E-state index contributed by atoms with van der Waals surface area (Å²) in [5, 5.41) is 15.4. The molecule has 1 aromatic heterocycles. The third-order valence-electron chi connectivity index (χ3n) is 3.07. The molecule has 3 N–H and O–H groups in total. The number of carbonyl (C=O) groups excluding carboxylic acids is 1. The van der Waals surface area contributed by atoms with Crippen LogP contribution in [0.5, 0.6) is 0 Å². The molecule has 1 aromatic carbocycles. The van der Waals surface area contributed by atoms with Crippen molar-refractivity contribution in [1.82, 2.24) is 5.32 Å². The molecule has 2 amide bonds. The van der Waals surface area contributed by atoms with Crippen molar-refractivity contribution in [3.05, 3.63) is 48.4 Å². The number of hydrogen-bond acceptors (Lipinski definition) is 4. The average molecular weight is 322 g/mol. The average Bonchev–Trinajstić information content (AvgIpc) is 3.00. The van der Waals surface area contributed by atoms with Gasteiger partial charge in [-0.05, 0) is 37.3 Å². The number of aliphatic hydroxyl groups is 1. The van der Waals surface area contributed by atoms with E-state index in [0.717, 1.165) is 0 Å². The summed E-state index contributed by atoms with van der Waals surface area (Å²) >= 11 is 0. The molecule has 0 aliphatic carbocycles. The van der Waals surface area contributed by atoms with Gasteiger partial charge in [-0.2, -0.15) is 0 Å². The summed E-state index contributed by atoms with van der Waals surface area (Å²) in [6.45, 7) is 1.54. The number of hydrogen-bond donors (Lipinski definition) is 3. The summed E-state index contributed by atoms with van der Waals surface area (Å²) < 4.78 is 16.5. The fraction of sp³-hybridized carbons (Fsp3) is 0.267. The molecule has 118 valence electrons. The SMILES string of the molecule is CS(=O)c1cccc(NC(=O)NCC(C)(O)c2ccco2)c1. The highest BCUT2D eigenvalue weighted by Gasteiger charge is 2.26. The monoisotopic (exact) mass is 322 g/mol. The van der Waals surface area contributed by atoms with Crippen LogP contribution in [0.1, 0.15) is 12.7 Å². The van der Waals surface area contributed by atoms with Gasteiger partial charge < -0.3 is 20.2 Å². The van der Waals surface area contributed by atoms with Crippen LogP contribution in [0.15, 0.2) is 52.0 Å². The zero-order valence-electron chi connectivity index (χ0n) is 12.3. The van der Waals surface area contributed by atoms with Crippen LogP contribution in [0.3, 0.4) is 0 Å². The molecule has 0 spiro atoms. The number of amides is 2. The molecule has 0 bridgehead atoms. The van der Waals surface area contributed by atoms with E-state index in [1.54, 1.807) is 49.6 Å². The van der Waals surface area contributed by atoms with Gasteiger partial charge in [-0.3, -0.25) is 4.21 Å². The molecule has 0 fully saturated rings. The molecule has 2 atom stereocenters. The maximum atomic E-state index is 11.9. The number of anilines is 1. The highest BCUT2D eigenvalue weighted by molar-refractivity contribution is 7.84. The first kappa shape index (κ1) is 16.3. The first-order chi connectivity index (χ1) is 10.4. The van der Waals surface area contributed by atoms with E-state index in [1.807, 2.05) is 0 Å². The summed E-state index contributed by atoms with van der Waals surface area (Å²) in [4.78, 5) is 12.5. The Morgan fingerprint density at radius 3 is 2.77 bits per heavy atom. The van der Waals surface area contributed by atoms with Crippen LogP contribution >= 0.6 is 0 Å². The van der Waals surface area contributed by atoms with Crippen LogP contribution in [-0.4, -0.2) is 28.1 Å². The minimum absolute atomic E-state index is 0.00819. The second-order valence-corrected chi connectivity index (χ2v) is 6.42. The van der Waals surface area contributed by atoms with Gasteiger partial charge in [0.15, 0.2) is 0 Å². The molecule has 7 heteroatoms. The van der Waals surface area contributed by atoms with Crippen molar-refractivity contribution in [2.75, 3.05) is 18.1 Å². The lowest BCUT2D eigenvalue weighted by Crippen LogP contribution is -2.40. The normalized spacial score (nSPS) is 14.9. The van der Waals surface area contributed by atoms with Gasteiger partial charge in [-0.15, -0.1) is 0 Å². The first-order valence-electron chi connectivity index (χ1n) is 6.63. The second kappa shape index (κ2) is 6.76. The lowest BCUT2D eigenvalue weighted by atomic mass is 10.0. The van der Waals surface area contributed by atoms with Crippen molar-refractivity contribution < 1.29 is 18.5 Å². The molecule has 2 rings (SSSR count). The predicted octanol–water partition coefficient (Wildman–Crippen LogP) is 2.05. The topological polar surface area (TPSA) is 91.6 Å². The summed E-state index contributed by atoms with van der Waals surface area (Å²) in [5.74, 6) is 0.371. The van der Waals surface area contributed by atoms with Crippen LogP contribution in [0.4, 0.5) is 10.5 Å². The van der Waals surface area contributed by atoms with Gasteiger partial charge >= 0.3 is 6.03 Å². The largest absolute Gasteiger partial charge is 0.466 e. The van der Waals surface area contributed by atoms with E-state index in [9.17, 15) is 14.1 Å². The molecular weight excluding hydrogens is 304 g/mol. The van der Waals surface area contributed by atoms with E-state index in [0.29, 0.717) is 16.3 Å². The molecule has 0 radical (unpaired) electrons. The molecule has 0 aliphatic rings. The fourth-order valence-corrected chi connectivity index (χ4v) is 2.42. The Labute approximate surface area is 131 Å². The van der Waals surface area contributed by atoms with Crippen LogP contribution < -0.4 is 10.6 Å². The smallest absolute Gasteiger partial charge is 0.319 e. The molecule has 1 heterocycles. The molecule has 6 nitrogen and oxygen atoms in total. The van der Waals surface area contributed by atoms with Crippen LogP contribution in [-0.2, 0) is 16.4 Å². The van der Waals surface area contributed by atoms with Gasteiger partial charge in [-0.25, -0.2) is 4.79 Å². The minimum Gasteiger partial charge on any atom is -0.466 e.